The first kappa shape index (κ1) is 10.5. The molecule has 16 heavy (non-hydrogen) atoms. The van der Waals surface area contributed by atoms with Crippen LogP contribution in [0.25, 0.3) is 10.4 Å². The molecule has 0 radical (unpaired) electrons. The summed E-state index contributed by atoms with van der Waals surface area (Å²) in [5.74, 6) is -1.82. The van der Waals surface area contributed by atoms with E-state index in [1.807, 2.05) is 0 Å². The van der Waals surface area contributed by atoms with Crippen molar-refractivity contribution in [3.63, 3.8) is 0 Å². The minimum Gasteiger partial charge on any atom is -0.477 e. The van der Waals surface area contributed by atoms with Crippen LogP contribution in [-0.4, -0.2) is 45.2 Å². The number of aliphatic hydroxyl groups excluding tert-OH is 1. The van der Waals surface area contributed by atoms with Gasteiger partial charge < -0.3 is 15.1 Å². The molecule has 2 aliphatic heterocycles. The highest BCUT2D eigenvalue weighted by Gasteiger charge is 2.52. The Morgan fingerprint density at radius 3 is 2.94 bits per heavy atom. The van der Waals surface area contributed by atoms with Crippen molar-refractivity contribution >= 4 is 11.9 Å². The van der Waals surface area contributed by atoms with E-state index in [0.29, 0.717) is 0 Å². The summed E-state index contributed by atoms with van der Waals surface area (Å²) in [6.45, 7) is 0. The number of carboxylic acid groups (broad SMARTS) is 1. The molecule has 0 bridgehead atoms. The van der Waals surface area contributed by atoms with E-state index < -0.39 is 30.1 Å². The molecule has 0 aromatic heterocycles. The van der Waals surface area contributed by atoms with Crippen LogP contribution < -0.4 is 0 Å². The third kappa shape index (κ3) is 1.32. The highest BCUT2D eigenvalue weighted by atomic mass is 16.4. The molecule has 0 unspecified atom stereocenters. The van der Waals surface area contributed by atoms with Crippen LogP contribution >= 0.6 is 0 Å². The molecule has 0 aromatic carbocycles. The lowest BCUT2D eigenvalue weighted by Crippen LogP contribution is -2.66. The Balaban J connectivity index is 2.32. The van der Waals surface area contributed by atoms with E-state index in [4.69, 9.17) is 10.6 Å². The quantitative estimate of drug-likeness (QED) is 0.286. The molecular formula is C8H8N4O4. The van der Waals surface area contributed by atoms with Crippen LogP contribution in [0.1, 0.15) is 6.42 Å². The Morgan fingerprint density at radius 2 is 2.38 bits per heavy atom. The summed E-state index contributed by atoms with van der Waals surface area (Å²) in [5, 5.41) is 21.5. The molecular weight excluding hydrogens is 216 g/mol. The molecule has 8 heteroatoms. The van der Waals surface area contributed by atoms with Gasteiger partial charge in [0.1, 0.15) is 11.7 Å². The molecule has 1 fully saturated rings. The van der Waals surface area contributed by atoms with Gasteiger partial charge in [0.15, 0.2) is 0 Å². The molecule has 3 atom stereocenters. The van der Waals surface area contributed by atoms with Crippen molar-refractivity contribution in [2.24, 2.45) is 5.11 Å². The number of nitrogens with zero attached hydrogens (tertiary/aromatic N) is 4. The highest BCUT2D eigenvalue weighted by molar-refractivity contribution is 5.99. The molecule has 84 valence electrons. The van der Waals surface area contributed by atoms with Gasteiger partial charge in [0.25, 0.3) is 0 Å². The Kier molecular flexibility index (Phi) is 2.30. The van der Waals surface area contributed by atoms with Crippen molar-refractivity contribution in [1.82, 2.24) is 4.90 Å². The van der Waals surface area contributed by atoms with Gasteiger partial charge >= 0.3 is 5.97 Å². The highest BCUT2D eigenvalue weighted by Crippen LogP contribution is 2.35. The maximum absolute atomic E-state index is 11.5. The molecule has 1 amide bonds. The van der Waals surface area contributed by atoms with Crippen LogP contribution in [0.5, 0.6) is 0 Å². The molecule has 0 aliphatic carbocycles. The fourth-order valence-electron chi connectivity index (χ4n) is 2.00. The van der Waals surface area contributed by atoms with E-state index in [9.17, 15) is 14.7 Å². The number of hydrogen-bond acceptors (Lipinski definition) is 4. The largest absolute Gasteiger partial charge is 0.477 e. The average Bonchev–Trinajstić information content (AvgIpc) is 2.24. The minimum absolute atomic E-state index is 0.187. The third-order valence-electron chi connectivity index (χ3n) is 2.67. The number of azide groups is 1. The number of rotatable bonds is 2. The number of fused-ring (bicyclic) bond motifs is 1. The van der Waals surface area contributed by atoms with Crippen LogP contribution in [-0.2, 0) is 9.59 Å². The number of amides is 1. The Labute approximate surface area is 89.4 Å². The van der Waals surface area contributed by atoms with Gasteiger partial charge in [0.05, 0.1) is 12.1 Å². The summed E-state index contributed by atoms with van der Waals surface area (Å²) >= 11 is 0. The average molecular weight is 224 g/mol. The molecule has 0 saturated carbocycles. The van der Waals surface area contributed by atoms with Crippen LogP contribution in [0.3, 0.4) is 0 Å². The van der Waals surface area contributed by atoms with Gasteiger partial charge in [-0.05, 0) is 18.0 Å². The SMILES string of the molecule is [N-]=[N+]=N[C@H]1C(=O)N2C(C(=O)O)=C[C@H](O)C[C@@H]12. The zero-order valence-corrected chi connectivity index (χ0v) is 8.02. The van der Waals surface area contributed by atoms with E-state index in [1.165, 1.54) is 0 Å². The standard InChI is InChI=1S/C8H8N4O4/c9-11-10-6-4-1-3(13)2-5(8(15)16)12(4)7(6)14/h2-4,6,13H,1H2,(H,15,16)/t3-,4+,6-/m1/s1. The summed E-state index contributed by atoms with van der Waals surface area (Å²) in [4.78, 5) is 25.9. The molecule has 0 spiro atoms. The van der Waals surface area contributed by atoms with Gasteiger partial charge in [0.2, 0.25) is 5.91 Å². The first-order valence-electron chi connectivity index (χ1n) is 4.56. The van der Waals surface area contributed by atoms with E-state index in [1.54, 1.807) is 0 Å². The fraction of sp³-hybridized carbons (Fsp3) is 0.500. The third-order valence-corrected chi connectivity index (χ3v) is 2.67. The number of aliphatic hydroxyl groups is 1. The van der Waals surface area contributed by atoms with Crippen LogP contribution in [0.2, 0.25) is 0 Å². The minimum atomic E-state index is -1.28. The Bertz CT molecular complexity index is 439. The van der Waals surface area contributed by atoms with Gasteiger partial charge in [0, 0.05) is 4.91 Å². The molecule has 2 rings (SSSR count). The first-order valence-corrected chi connectivity index (χ1v) is 4.56. The maximum atomic E-state index is 11.5. The number of aliphatic carboxylic acids is 1. The molecule has 8 nitrogen and oxygen atoms in total. The van der Waals surface area contributed by atoms with Gasteiger partial charge in [-0.25, -0.2) is 4.79 Å². The van der Waals surface area contributed by atoms with Gasteiger partial charge in [-0.15, -0.1) is 0 Å². The lowest BCUT2D eigenvalue weighted by atomic mass is 9.86. The van der Waals surface area contributed by atoms with Gasteiger partial charge in [-0.2, -0.15) is 0 Å². The van der Waals surface area contributed by atoms with Crippen molar-refractivity contribution < 1.29 is 19.8 Å². The van der Waals surface area contributed by atoms with Gasteiger partial charge in [-0.1, -0.05) is 5.11 Å². The van der Waals surface area contributed by atoms with Crippen LogP contribution in [0, 0.1) is 0 Å². The lowest BCUT2D eigenvalue weighted by Gasteiger charge is -2.48. The Morgan fingerprint density at radius 1 is 1.69 bits per heavy atom. The summed E-state index contributed by atoms with van der Waals surface area (Å²) in [6.07, 6.45) is 0.367. The monoisotopic (exact) mass is 224 g/mol. The van der Waals surface area contributed by atoms with E-state index in [0.717, 1.165) is 11.0 Å². The number of hydrogen-bond donors (Lipinski definition) is 2. The first-order chi connectivity index (χ1) is 7.56. The van der Waals surface area contributed by atoms with Crippen LogP contribution in [0.4, 0.5) is 0 Å². The molecule has 1 saturated heterocycles. The smallest absolute Gasteiger partial charge is 0.352 e. The molecule has 2 N–H and O–H groups in total. The molecule has 0 aromatic rings. The van der Waals surface area contributed by atoms with E-state index >= 15 is 0 Å². The van der Waals surface area contributed by atoms with Crippen molar-refractivity contribution in [2.45, 2.75) is 24.6 Å². The Hall–Kier alpha value is -2.05. The van der Waals surface area contributed by atoms with E-state index in [2.05, 4.69) is 10.0 Å². The summed E-state index contributed by atoms with van der Waals surface area (Å²) in [6, 6.07) is -1.45. The van der Waals surface area contributed by atoms with Crippen molar-refractivity contribution in [3.05, 3.63) is 22.2 Å². The second-order valence-electron chi connectivity index (χ2n) is 3.59. The predicted molar refractivity (Wildman–Crippen MR) is 49.9 cm³/mol. The second-order valence-corrected chi connectivity index (χ2v) is 3.59. The normalized spacial score (nSPS) is 32.1. The molecule has 2 heterocycles. The van der Waals surface area contributed by atoms with E-state index in [-0.39, 0.29) is 12.1 Å². The maximum Gasteiger partial charge on any atom is 0.352 e. The summed E-state index contributed by atoms with van der Waals surface area (Å²) in [7, 11) is 0. The van der Waals surface area contributed by atoms with Gasteiger partial charge in [-0.3, -0.25) is 4.79 Å². The fourth-order valence-corrected chi connectivity index (χ4v) is 2.00. The number of carbonyl (C=O) groups is 2. The lowest BCUT2D eigenvalue weighted by molar-refractivity contribution is -0.153. The number of β-lactam (4-membered cyclic amide) rings is 1. The molecule has 2 aliphatic rings. The number of carbonyl (C=O) groups excluding carboxylic acids is 1. The topological polar surface area (TPSA) is 127 Å². The zero-order valence-electron chi connectivity index (χ0n) is 8.02. The summed E-state index contributed by atoms with van der Waals surface area (Å²) < 4.78 is 0. The van der Waals surface area contributed by atoms with Crippen molar-refractivity contribution in [3.8, 4) is 0 Å². The second kappa shape index (κ2) is 3.51. The summed E-state index contributed by atoms with van der Waals surface area (Å²) in [5.41, 5.74) is 7.99. The predicted octanol–water partition coefficient (Wildman–Crippen LogP) is -0.391. The van der Waals surface area contributed by atoms with Crippen LogP contribution in [0.15, 0.2) is 16.9 Å². The van der Waals surface area contributed by atoms with Crippen molar-refractivity contribution in [2.75, 3.05) is 0 Å². The van der Waals surface area contributed by atoms with Crippen molar-refractivity contribution in [1.29, 1.82) is 0 Å². The zero-order chi connectivity index (χ0) is 11.9. The number of carboxylic acids is 1.